The lowest BCUT2D eigenvalue weighted by atomic mass is 10.2. The fourth-order valence-electron chi connectivity index (χ4n) is 3.06. The number of benzene rings is 1. The molecule has 1 aliphatic rings. The minimum Gasteiger partial charge on any atom is -0.303 e. The Kier molecular flexibility index (Phi) is 4.25. The third kappa shape index (κ3) is 3.11. The summed E-state index contributed by atoms with van der Waals surface area (Å²) in [6.07, 6.45) is 1.51. The zero-order valence-corrected chi connectivity index (χ0v) is 15.2. The summed E-state index contributed by atoms with van der Waals surface area (Å²) < 4.78 is 26.3. The van der Waals surface area contributed by atoms with Crippen LogP contribution in [0.5, 0.6) is 0 Å². The van der Waals surface area contributed by atoms with E-state index in [-0.39, 0.29) is 16.4 Å². The highest BCUT2D eigenvalue weighted by Gasteiger charge is 2.39. The van der Waals surface area contributed by atoms with E-state index in [2.05, 4.69) is 25.8 Å². The van der Waals surface area contributed by atoms with Gasteiger partial charge in [-0.3, -0.25) is 20.2 Å². The van der Waals surface area contributed by atoms with Gasteiger partial charge in [0.2, 0.25) is 0 Å². The number of nitrogens with zero attached hydrogens (tertiary/aromatic N) is 2. The van der Waals surface area contributed by atoms with Crippen molar-refractivity contribution >= 4 is 21.6 Å². The monoisotopic (exact) mass is 383 g/mol. The Labute approximate surface area is 156 Å². The molecule has 1 aliphatic heterocycles. The van der Waals surface area contributed by atoms with Crippen LogP contribution in [-0.2, 0) is 16.4 Å². The Morgan fingerprint density at radius 1 is 1.22 bits per heavy atom. The van der Waals surface area contributed by atoms with Crippen molar-refractivity contribution in [2.75, 3.05) is 5.32 Å². The number of sulfone groups is 1. The molecule has 1 aromatic carbocycles. The highest BCUT2D eigenvalue weighted by molar-refractivity contribution is 7.91. The molecule has 4 rings (SSSR count). The summed E-state index contributed by atoms with van der Waals surface area (Å²) in [5, 5.41) is 11.5. The van der Waals surface area contributed by atoms with E-state index in [1.54, 1.807) is 36.4 Å². The van der Waals surface area contributed by atoms with Crippen LogP contribution in [0.1, 0.15) is 32.7 Å². The smallest absolute Gasteiger partial charge is 0.275 e. The molecule has 0 fully saturated rings. The van der Waals surface area contributed by atoms with Crippen molar-refractivity contribution in [3.8, 4) is 0 Å². The fourth-order valence-corrected chi connectivity index (χ4v) is 4.82. The van der Waals surface area contributed by atoms with Crippen molar-refractivity contribution in [1.82, 2.24) is 20.5 Å². The summed E-state index contributed by atoms with van der Waals surface area (Å²) in [5.74, 6) is -0.268. The van der Waals surface area contributed by atoms with Crippen molar-refractivity contribution in [3.05, 3.63) is 71.2 Å². The van der Waals surface area contributed by atoms with Gasteiger partial charge in [-0.1, -0.05) is 18.2 Å². The molecular weight excluding hydrogens is 366 g/mol. The van der Waals surface area contributed by atoms with Gasteiger partial charge in [0, 0.05) is 12.7 Å². The predicted molar refractivity (Wildman–Crippen MR) is 98.7 cm³/mol. The number of aryl methyl sites for hydroxylation is 1. The minimum absolute atomic E-state index is 0.187. The van der Waals surface area contributed by atoms with Crippen LogP contribution in [0.3, 0.4) is 0 Å². The van der Waals surface area contributed by atoms with Gasteiger partial charge in [0.15, 0.2) is 15.7 Å². The number of nitrogens with one attached hydrogen (secondary N) is 3. The molecule has 1 unspecified atom stereocenters. The van der Waals surface area contributed by atoms with Crippen LogP contribution in [0, 0.1) is 6.92 Å². The lowest BCUT2D eigenvalue weighted by Gasteiger charge is -2.15. The third-order valence-electron chi connectivity index (χ3n) is 4.37. The second-order valence-electron chi connectivity index (χ2n) is 6.26. The van der Waals surface area contributed by atoms with Crippen LogP contribution in [0.4, 0.5) is 5.82 Å². The Bertz CT molecular complexity index is 1110. The van der Waals surface area contributed by atoms with Gasteiger partial charge >= 0.3 is 0 Å². The minimum atomic E-state index is -3.71. The maximum Gasteiger partial charge on any atom is 0.275 e. The molecule has 0 saturated heterocycles. The summed E-state index contributed by atoms with van der Waals surface area (Å²) >= 11 is 0. The van der Waals surface area contributed by atoms with E-state index in [1.165, 1.54) is 6.20 Å². The number of carbonyl (C=O) groups excluding carboxylic acids is 1. The van der Waals surface area contributed by atoms with Crippen LogP contribution in [0.25, 0.3) is 0 Å². The van der Waals surface area contributed by atoms with Crippen LogP contribution in [0.2, 0.25) is 0 Å². The summed E-state index contributed by atoms with van der Waals surface area (Å²) in [7, 11) is -3.71. The number of rotatable bonds is 4. The molecule has 0 radical (unpaired) electrons. The standard InChI is InChI=1S/C18H17N5O3S/c1-11-5-4-6-12(9-11)27(25,26)18-15-14(10-20-18)22-23-16(15)21-17(24)13-7-2-3-8-19-13/h2-9,18,20H,10H2,1H3,(H2,21,22,23,24). The molecule has 0 aliphatic carbocycles. The number of H-pyrrole nitrogens is 1. The van der Waals surface area contributed by atoms with Gasteiger partial charge in [-0.05, 0) is 36.8 Å². The van der Waals surface area contributed by atoms with Crippen molar-refractivity contribution in [2.45, 2.75) is 23.7 Å². The highest BCUT2D eigenvalue weighted by atomic mass is 32.2. The topological polar surface area (TPSA) is 117 Å². The van der Waals surface area contributed by atoms with Gasteiger partial charge in [0.25, 0.3) is 5.91 Å². The van der Waals surface area contributed by atoms with E-state index in [9.17, 15) is 13.2 Å². The van der Waals surface area contributed by atoms with E-state index in [1.807, 2.05) is 13.0 Å². The average Bonchev–Trinajstić information content (AvgIpc) is 3.26. The molecule has 27 heavy (non-hydrogen) atoms. The number of aromatic nitrogens is 3. The number of pyridine rings is 1. The zero-order valence-electron chi connectivity index (χ0n) is 14.4. The second-order valence-corrected chi connectivity index (χ2v) is 8.29. The third-order valence-corrected chi connectivity index (χ3v) is 6.30. The predicted octanol–water partition coefficient (Wildman–Crippen LogP) is 1.94. The first-order chi connectivity index (χ1) is 13.0. The van der Waals surface area contributed by atoms with Gasteiger partial charge in [0.05, 0.1) is 16.2 Å². The molecule has 3 heterocycles. The van der Waals surface area contributed by atoms with Crippen LogP contribution < -0.4 is 10.6 Å². The van der Waals surface area contributed by atoms with Crippen molar-refractivity contribution in [3.63, 3.8) is 0 Å². The van der Waals surface area contributed by atoms with E-state index < -0.39 is 21.1 Å². The molecule has 1 atom stereocenters. The molecule has 3 N–H and O–H groups in total. The molecule has 8 nitrogen and oxygen atoms in total. The molecule has 9 heteroatoms. The number of fused-ring (bicyclic) bond motifs is 1. The number of hydrogen-bond donors (Lipinski definition) is 3. The highest BCUT2D eigenvalue weighted by Crippen LogP contribution is 2.37. The number of anilines is 1. The van der Waals surface area contributed by atoms with Gasteiger partial charge in [-0.2, -0.15) is 5.10 Å². The van der Waals surface area contributed by atoms with E-state index in [4.69, 9.17) is 0 Å². The van der Waals surface area contributed by atoms with Crippen LogP contribution in [-0.4, -0.2) is 29.5 Å². The number of carbonyl (C=O) groups is 1. The normalized spacial score (nSPS) is 16.1. The molecule has 0 bridgehead atoms. The lowest BCUT2D eigenvalue weighted by Crippen LogP contribution is -2.24. The molecule has 0 saturated carbocycles. The molecule has 3 aromatic rings. The number of hydrogen-bond acceptors (Lipinski definition) is 6. The average molecular weight is 383 g/mol. The molecule has 0 spiro atoms. The Hall–Kier alpha value is -3.04. The fraction of sp³-hybridized carbons (Fsp3) is 0.167. The van der Waals surface area contributed by atoms with Gasteiger partial charge in [-0.15, -0.1) is 0 Å². The van der Waals surface area contributed by atoms with Gasteiger partial charge in [-0.25, -0.2) is 8.42 Å². The van der Waals surface area contributed by atoms with Crippen molar-refractivity contribution in [1.29, 1.82) is 0 Å². The maximum absolute atomic E-state index is 13.1. The van der Waals surface area contributed by atoms with Crippen molar-refractivity contribution < 1.29 is 13.2 Å². The first-order valence-electron chi connectivity index (χ1n) is 8.30. The first kappa shape index (κ1) is 17.4. The van der Waals surface area contributed by atoms with E-state index in [0.29, 0.717) is 17.8 Å². The lowest BCUT2D eigenvalue weighted by molar-refractivity contribution is 0.102. The second kappa shape index (κ2) is 6.60. The number of amides is 1. The summed E-state index contributed by atoms with van der Waals surface area (Å²) in [6, 6.07) is 11.7. The van der Waals surface area contributed by atoms with E-state index >= 15 is 0 Å². The Morgan fingerprint density at radius 3 is 2.81 bits per heavy atom. The van der Waals surface area contributed by atoms with Gasteiger partial charge in [0.1, 0.15) is 11.1 Å². The largest absolute Gasteiger partial charge is 0.303 e. The molecule has 1 amide bonds. The number of aromatic amines is 1. The molecule has 138 valence electrons. The van der Waals surface area contributed by atoms with E-state index in [0.717, 1.165) is 5.56 Å². The Balaban J connectivity index is 1.68. The molecule has 2 aromatic heterocycles. The first-order valence-corrected chi connectivity index (χ1v) is 9.85. The van der Waals surface area contributed by atoms with Crippen LogP contribution in [0.15, 0.2) is 53.6 Å². The molecular formula is C18H17N5O3S. The summed E-state index contributed by atoms with van der Waals surface area (Å²) in [4.78, 5) is 16.6. The van der Waals surface area contributed by atoms with Gasteiger partial charge < -0.3 is 5.32 Å². The summed E-state index contributed by atoms with van der Waals surface area (Å²) in [6.45, 7) is 2.15. The SMILES string of the molecule is Cc1cccc(S(=O)(=O)C2NCc3[nH]nc(NC(=O)c4ccccn4)c32)c1. The maximum atomic E-state index is 13.1. The summed E-state index contributed by atoms with van der Waals surface area (Å²) in [5.41, 5.74) is 2.14. The quantitative estimate of drug-likeness (QED) is 0.634. The zero-order chi connectivity index (χ0) is 19.0. The van der Waals surface area contributed by atoms with Crippen LogP contribution >= 0.6 is 0 Å². The van der Waals surface area contributed by atoms with Crippen molar-refractivity contribution in [2.24, 2.45) is 0 Å². The Morgan fingerprint density at radius 2 is 2.07 bits per heavy atom.